The van der Waals surface area contributed by atoms with E-state index < -0.39 is 0 Å². The number of ether oxygens (including phenoxy) is 1. The number of morpholine rings is 1. The first-order valence-corrected chi connectivity index (χ1v) is 7.81. The van der Waals surface area contributed by atoms with Crippen molar-refractivity contribution in [1.29, 1.82) is 0 Å². The molecule has 0 N–H and O–H groups in total. The molecule has 0 saturated carbocycles. The number of aryl methyl sites for hydroxylation is 1. The zero-order valence-corrected chi connectivity index (χ0v) is 14.1. The van der Waals surface area contributed by atoms with Gasteiger partial charge in [-0.05, 0) is 27.7 Å². The summed E-state index contributed by atoms with van der Waals surface area (Å²) < 4.78 is 7.50. The van der Waals surface area contributed by atoms with Crippen molar-refractivity contribution in [1.82, 2.24) is 14.7 Å². The maximum absolute atomic E-state index is 12.6. The summed E-state index contributed by atoms with van der Waals surface area (Å²) in [6.07, 6.45) is 0.182. The number of carbonyl (C=O) groups is 1. The molecule has 0 unspecified atom stereocenters. The van der Waals surface area contributed by atoms with E-state index in [4.69, 9.17) is 16.3 Å². The van der Waals surface area contributed by atoms with Gasteiger partial charge in [0.2, 0.25) is 5.91 Å². The molecular weight excluding hydrogens is 290 g/mol. The van der Waals surface area contributed by atoms with Gasteiger partial charge in [0.1, 0.15) is 0 Å². The summed E-state index contributed by atoms with van der Waals surface area (Å²) in [7, 11) is 0. The van der Waals surface area contributed by atoms with Gasteiger partial charge in [-0.25, -0.2) is 0 Å². The molecule has 6 heteroatoms. The van der Waals surface area contributed by atoms with Gasteiger partial charge in [0.05, 0.1) is 41.1 Å². The molecular formula is C15H24ClN3O2. The number of hydrogen-bond donors (Lipinski definition) is 0. The largest absolute Gasteiger partial charge is 0.372 e. The second kappa shape index (κ2) is 6.36. The van der Waals surface area contributed by atoms with Crippen LogP contribution in [0.5, 0.6) is 0 Å². The van der Waals surface area contributed by atoms with Crippen molar-refractivity contribution in [3.8, 4) is 0 Å². The third-order valence-electron chi connectivity index (χ3n) is 3.89. The average molecular weight is 314 g/mol. The highest BCUT2D eigenvalue weighted by molar-refractivity contribution is 6.31. The molecule has 0 bridgehead atoms. The standard InChI is InChI=1S/C15H24ClN3O2/c1-9(6-19-13(5)14(16)12(4)17-19)15(20)18-7-10(2)21-11(3)8-18/h9-11H,6-8H2,1-5H3/t9-,10+,11+/m0/s1. The molecule has 1 aliphatic rings. The predicted molar refractivity (Wildman–Crippen MR) is 82.5 cm³/mol. The normalized spacial score (nSPS) is 24.2. The number of halogens is 1. The Balaban J connectivity index is 2.04. The molecule has 1 aliphatic heterocycles. The van der Waals surface area contributed by atoms with E-state index in [9.17, 15) is 4.79 Å². The first-order valence-electron chi connectivity index (χ1n) is 7.43. The van der Waals surface area contributed by atoms with Crippen molar-refractivity contribution in [2.24, 2.45) is 5.92 Å². The minimum Gasteiger partial charge on any atom is -0.372 e. The molecule has 0 spiro atoms. The molecule has 0 aromatic carbocycles. The minimum atomic E-state index is -0.128. The van der Waals surface area contributed by atoms with Gasteiger partial charge in [0, 0.05) is 13.1 Å². The second-order valence-electron chi connectivity index (χ2n) is 6.07. The molecule has 2 rings (SSSR count). The summed E-state index contributed by atoms with van der Waals surface area (Å²) in [6, 6.07) is 0. The molecule has 2 heterocycles. The summed E-state index contributed by atoms with van der Waals surface area (Å²) in [5, 5.41) is 5.08. The molecule has 21 heavy (non-hydrogen) atoms. The van der Waals surface area contributed by atoms with Crippen LogP contribution in [0.1, 0.15) is 32.2 Å². The number of rotatable bonds is 3. The van der Waals surface area contributed by atoms with Gasteiger partial charge in [0.25, 0.3) is 0 Å². The Morgan fingerprint density at radius 3 is 2.43 bits per heavy atom. The molecule has 0 radical (unpaired) electrons. The second-order valence-corrected chi connectivity index (χ2v) is 6.45. The average Bonchev–Trinajstić information content (AvgIpc) is 2.64. The molecule has 1 aromatic rings. The first kappa shape index (κ1) is 16.3. The lowest BCUT2D eigenvalue weighted by atomic mass is 10.1. The number of amides is 1. The summed E-state index contributed by atoms with van der Waals surface area (Å²) in [4.78, 5) is 14.5. The fourth-order valence-corrected chi connectivity index (χ4v) is 3.00. The lowest BCUT2D eigenvalue weighted by molar-refractivity contribution is -0.147. The smallest absolute Gasteiger partial charge is 0.227 e. The maximum Gasteiger partial charge on any atom is 0.227 e. The monoisotopic (exact) mass is 313 g/mol. The van der Waals surface area contributed by atoms with Crippen LogP contribution in [0, 0.1) is 19.8 Å². The van der Waals surface area contributed by atoms with Crippen LogP contribution in [0.3, 0.4) is 0 Å². The lowest BCUT2D eigenvalue weighted by Crippen LogP contribution is -2.50. The van der Waals surface area contributed by atoms with Crippen LogP contribution in [0.4, 0.5) is 0 Å². The number of aromatic nitrogens is 2. The van der Waals surface area contributed by atoms with Crippen LogP contribution in [0.25, 0.3) is 0 Å². The van der Waals surface area contributed by atoms with Crippen molar-refractivity contribution in [3.63, 3.8) is 0 Å². The van der Waals surface area contributed by atoms with E-state index in [1.807, 2.05) is 44.2 Å². The van der Waals surface area contributed by atoms with Gasteiger partial charge in [-0.1, -0.05) is 18.5 Å². The molecule has 1 aromatic heterocycles. The quantitative estimate of drug-likeness (QED) is 0.861. The van der Waals surface area contributed by atoms with Crippen molar-refractivity contribution < 1.29 is 9.53 Å². The predicted octanol–water partition coefficient (Wildman–Crippen LogP) is 2.43. The zero-order valence-electron chi connectivity index (χ0n) is 13.4. The lowest BCUT2D eigenvalue weighted by Gasteiger charge is -2.36. The van der Waals surface area contributed by atoms with Crippen LogP contribution in [-0.2, 0) is 16.1 Å². The highest BCUT2D eigenvalue weighted by Gasteiger charge is 2.29. The van der Waals surface area contributed by atoms with Gasteiger partial charge >= 0.3 is 0 Å². The van der Waals surface area contributed by atoms with Crippen molar-refractivity contribution >= 4 is 17.5 Å². The highest BCUT2D eigenvalue weighted by atomic mass is 35.5. The van der Waals surface area contributed by atoms with Gasteiger partial charge < -0.3 is 9.64 Å². The Hall–Kier alpha value is -1.07. The van der Waals surface area contributed by atoms with Crippen LogP contribution in [-0.4, -0.2) is 45.9 Å². The molecule has 3 atom stereocenters. The number of carbonyl (C=O) groups excluding carboxylic acids is 1. The molecule has 5 nitrogen and oxygen atoms in total. The molecule has 1 saturated heterocycles. The summed E-state index contributed by atoms with van der Waals surface area (Å²) in [5.74, 6) is 0.0252. The fraction of sp³-hybridized carbons (Fsp3) is 0.733. The maximum atomic E-state index is 12.6. The number of nitrogens with zero attached hydrogens (tertiary/aromatic N) is 3. The molecule has 118 valence electrons. The van der Waals surface area contributed by atoms with Crippen molar-refractivity contribution in [2.45, 2.75) is 53.4 Å². The van der Waals surface area contributed by atoms with Gasteiger partial charge in [-0.3, -0.25) is 9.48 Å². The summed E-state index contributed by atoms with van der Waals surface area (Å²) >= 11 is 6.15. The van der Waals surface area contributed by atoms with Gasteiger partial charge in [-0.2, -0.15) is 5.10 Å². The first-order chi connectivity index (χ1) is 9.79. The highest BCUT2D eigenvalue weighted by Crippen LogP contribution is 2.21. The topological polar surface area (TPSA) is 47.4 Å². The van der Waals surface area contributed by atoms with E-state index in [1.165, 1.54) is 0 Å². The summed E-state index contributed by atoms with van der Waals surface area (Å²) in [6.45, 7) is 11.6. The van der Waals surface area contributed by atoms with Crippen LogP contribution >= 0.6 is 11.6 Å². The Bertz CT molecular complexity index is 519. The molecule has 1 amide bonds. The minimum absolute atomic E-state index is 0.0908. The Kier molecular flexibility index (Phi) is 4.94. The van der Waals surface area contributed by atoms with E-state index in [-0.39, 0.29) is 24.0 Å². The third-order valence-corrected chi connectivity index (χ3v) is 4.44. The van der Waals surface area contributed by atoms with Crippen LogP contribution in [0.2, 0.25) is 5.02 Å². The van der Waals surface area contributed by atoms with Gasteiger partial charge in [-0.15, -0.1) is 0 Å². The molecule has 1 fully saturated rings. The van der Waals surface area contributed by atoms with E-state index in [1.54, 1.807) is 0 Å². The van der Waals surface area contributed by atoms with Crippen LogP contribution < -0.4 is 0 Å². The fourth-order valence-electron chi connectivity index (χ4n) is 2.86. The zero-order chi connectivity index (χ0) is 15.7. The third kappa shape index (κ3) is 3.58. The Morgan fingerprint density at radius 2 is 1.95 bits per heavy atom. The summed E-state index contributed by atoms with van der Waals surface area (Å²) in [5.41, 5.74) is 1.72. The van der Waals surface area contributed by atoms with Crippen LogP contribution in [0.15, 0.2) is 0 Å². The van der Waals surface area contributed by atoms with E-state index in [0.717, 1.165) is 11.4 Å². The van der Waals surface area contributed by atoms with E-state index in [0.29, 0.717) is 24.7 Å². The number of hydrogen-bond acceptors (Lipinski definition) is 3. The van der Waals surface area contributed by atoms with E-state index in [2.05, 4.69) is 5.10 Å². The molecule has 0 aliphatic carbocycles. The SMILES string of the molecule is Cc1nn(C[C@H](C)C(=O)N2C[C@@H](C)O[C@H](C)C2)c(C)c1Cl. The van der Waals surface area contributed by atoms with E-state index >= 15 is 0 Å². The Morgan fingerprint density at radius 1 is 1.38 bits per heavy atom. The Labute approximate surface area is 131 Å². The van der Waals surface area contributed by atoms with Gasteiger partial charge in [0.15, 0.2) is 0 Å². The van der Waals surface area contributed by atoms with Crippen molar-refractivity contribution in [3.05, 3.63) is 16.4 Å². The van der Waals surface area contributed by atoms with Crippen molar-refractivity contribution in [2.75, 3.05) is 13.1 Å².